The minimum absolute atomic E-state index is 0.0909. The molecular weight excluding hydrogens is 305 g/mol. The lowest BCUT2D eigenvalue weighted by Crippen LogP contribution is -2.27. The first-order valence-corrected chi connectivity index (χ1v) is 8.61. The fraction of sp³-hybridized carbons (Fsp3) is 0.588. The third-order valence-electron chi connectivity index (χ3n) is 4.37. The summed E-state index contributed by atoms with van der Waals surface area (Å²) in [4.78, 5) is 12.3. The zero-order valence-corrected chi connectivity index (χ0v) is 14.0. The predicted octanol–water partition coefficient (Wildman–Crippen LogP) is 5.93. The zero-order valence-electron chi connectivity index (χ0n) is 12.5. The fourth-order valence-electron chi connectivity index (χ4n) is 3.03. The topological polar surface area (TPSA) is 29.1 Å². The molecule has 1 N–H and O–H groups in total. The molecule has 2 rings (SSSR count). The van der Waals surface area contributed by atoms with E-state index in [2.05, 4.69) is 12.2 Å². The van der Waals surface area contributed by atoms with Gasteiger partial charge in [-0.05, 0) is 49.8 Å². The van der Waals surface area contributed by atoms with Crippen LogP contribution in [0.4, 0.5) is 5.69 Å². The molecule has 0 spiro atoms. The second-order valence-electron chi connectivity index (χ2n) is 5.97. The monoisotopic (exact) mass is 327 g/mol. The Bertz CT molecular complexity index is 482. The molecule has 0 unspecified atom stereocenters. The Morgan fingerprint density at radius 1 is 1.24 bits per heavy atom. The van der Waals surface area contributed by atoms with Gasteiger partial charge in [0.1, 0.15) is 0 Å². The normalized spacial score (nSPS) is 22.0. The molecule has 0 saturated heterocycles. The van der Waals surface area contributed by atoms with Gasteiger partial charge in [0.25, 0.3) is 0 Å². The van der Waals surface area contributed by atoms with Gasteiger partial charge in [-0.25, -0.2) is 0 Å². The van der Waals surface area contributed by atoms with E-state index in [1.807, 2.05) is 0 Å². The molecule has 0 aliphatic heterocycles. The van der Waals surface area contributed by atoms with Crippen molar-refractivity contribution in [3.63, 3.8) is 0 Å². The summed E-state index contributed by atoms with van der Waals surface area (Å²) in [6.45, 7) is 2.23. The van der Waals surface area contributed by atoms with Gasteiger partial charge in [0.05, 0.1) is 10.7 Å². The van der Waals surface area contributed by atoms with Gasteiger partial charge in [-0.1, -0.05) is 49.4 Å². The van der Waals surface area contributed by atoms with Gasteiger partial charge in [-0.15, -0.1) is 0 Å². The van der Waals surface area contributed by atoms with Crippen LogP contribution in [0.2, 0.25) is 10.0 Å². The summed E-state index contributed by atoms with van der Waals surface area (Å²) in [6.07, 6.45) is 8.21. The molecule has 1 aromatic rings. The number of amides is 1. The van der Waals surface area contributed by atoms with E-state index in [0.717, 1.165) is 18.8 Å². The van der Waals surface area contributed by atoms with Crippen LogP contribution in [0.1, 0.15) is 51.9 Å². The molecule has 0 bridgehead atoms. The number of carbonyl (C=O) groups is 1. The van der Waals surface area contributed by atoms with E-state index in [9.17, 15) is 4.79 Å². The second kappa shape index (κ2) is 8.05. The quantitative estimate of drug-likeness (QED) is 0.713. The van der Waals surface area contributed by atoms with Crippen molar-refractivity contribution in [1.82, 2.24) is 0 Å². The Labute approximate surface area is 137 Å². The van der Waals surface area contributed by atoms with Crippen molar-refractivity contribution in [3.8, 4) is 0 Å². The van der Waals surface area contributed by atoms with Gasteiger partial charge < -0.3 is 5.32 Å². The average molecular weight is 328 g/mol. The van der Waals surface area contributed by atoms with Gasteiger partial charge in [0.2, 0.25) is 5.91 Å². The zero-order chi connectivity index (χ0) is 15.2. The minimum Gasteiger partial charge on any atom is -0.325 e. The summed E-state index contributed by atoms with van der Waals surface area (Å²) in [5, 5.41) is 4.01. The van der Waals surface area contributed by atoms with Crippen molar-refractivity contribution in [2.24, 2.45) is 11.8 Å². The average Bonchev–Trinajstić information content (AvgIpc) is 2.48. The molecule has 1 saturated carbocycles. The molecule has 0 heterocycles. The third kappa shape index (κ3) is 4.89. The maximum Gasteiger partial charge on any atom is 0.227 e. The highest BCUT2D eigenvalue weighted by molar-refractivity contribution is 6.36. The van der Waals surface area contributed by atoms with E-state index in [1.165, 1.54) is 32.1 Å². The number of halogens is 2. The summed E-state index contributed by atoms with van der Waals surface area (Å²) >= 11 is 12.0. The summed E-state index contributed by atoms with van der Waals surface area (Å²) < 4.78 is 0. The van der Waals surface area contributed by atoms with Crippen LogP contribution in [-0.2, 0) is 4.79 Å². The number of hydrogen-bond acceptors (Lipinski definition) is 1. The van der Waals surface area contributed by atoms with Crippen molar-refractivity contribution < 1.29 is 4.79 Å². The van der Waals surface area contributed by atoms with Gasteiger partial charge >= 0.3 is 0 Å². The Balaban J connectivity index is 1.84. The highest BCUT2D eigenvalue weighted by Crippen LogP contribution is 2.33. The molecule has 0 atom stereocenters. The number of nitrogens with one attached hydrogen (secondary N) is 1. The van der Waals surface area contributed by atoms with Crippen molar-refractivity contribution in [3.05, 3.63) is 28.2 Å². The Morgan fingerprint density at radius 2 is 1.95 bits per heavy atom. The number of benzene rings is 1. The van der Waals surface area contributed by atoms with Crippen LogP contribution in [0.5, 0.6) is 0 Å². The van der Waals surface area contributed by atoms with Gasteiger partial charge in [-0.2, -0.15) is 0 Å². The highest BCUT2D eigenvalue weighted by atomic mass is 35.5. The van der Waals surface area contributed by atoms with Crippen LogP contribution in [0.3, 0.4) is 0 Å². The molecule has 1 aliphatic rings. The lowest BCUT2D eigenvalue weighted by atomic mass is 9.79. The standard InChI is InChI=1S/C17H23Cl2NO/c1-2-3-4-12-5-7-13(8-6-12)17(21)20-16-10-9-14(18)11-15(16)19/h9-13H,2-8H2,1H3,(H,20,21). The van der Waals surface area contributed by atoms with Crippen LogP contribution in [0, 0.1) is 11.8 Å². The SMILES string of the molecule is CCCCC1CCC(C(=O)Nc2ccc(Cl)cc2Cl)CC1. The van der Waals surface area contributed by atoms with Gasteiger partial charge in [-0.3, -0.25) is 4.79 Å². The number of anilines is 1. The van der Waals surface area contributed by atoms with E-state index >= 15 is 0 Å². The number of carbonyl (C=O) groups excluding carboxylic acids is 1. The van der Waals surface area contributed by atoms with Gasteiger partial charge in [0, 0.05) is 10.9 Å². The smallest absolute Gasteiger partial charge is 0.227 e. The highest BCUT2D eigenvalue weighted by Gasteiger charge is 2.26. The summed E-state index contributed by atoms with van der Waals surface area (Å²) in [6, 6.07) is 5.15. The van der Waals surface area contributed by atoms with Crippen molar-refractivity contribution in [2.75, 3.05) is 5.32 Å². The molecule has 0 radical (unpaired) electrons. The van der Waals surface area contributed by atoms with Crippen molar-refractivity contribution >= 4 is 34.8 Å². The summed E-state index contributed by atoms with van der Waals surface area (Å²) in [7, 11) is 0. The molecule has 2 nitrogen and oxygen atoms in total. The lowest BCUT2D eigenvalue weighted by molar-refractivity contribution is -0.121. The second-order valence-corrected chi connectivity index (χ2v) is 6.82. The van der Waals surface area contributed by atoms with E-state index in [4.69, 9.17) is 23.2 Å². The fourth-order valence-corrected chi connectivity index (χ4v) is 3.49. The maximum atomic E-state index is 12.3. The first-order chi connectivity index (χ1) is 10.1. The molecule has 4 heteroatoms. The number of hydrogen-bond donors (Lipinski definition) is 1. The van der Waals surface area contributed by atoms with Gasteiger partial charge in [0.15, 0.2) is 0 Å². The first-order valence-electron chi connectivity index (χ1n) is 7.86. The lowest BCUT2D eigenvalue weighted by Gasteiger charge is -2.27. The summed E-state index contributed by atoms with van der Waals surface area (Å²) in [5.74, 6) is 1.02. The van der Waals surface area contributed by atoms with Crippen LogP contribution in [0.15, 0.2) is 18.2 Å². The largest absolute Gasteiger partial charge is 0.325 e. The number of unbranched alkanes of at least 4 members (excludes halogenated alkanes) is 1. The Kier molecular flexibility index (Phi) is 6.38. The summed E-state index contributed by atoms with van der Waals surface area (Å²) in [5.41, 5.74) is 0.652. The minimum atomic E-state index is 0.0909. The Morgan fingerprint density at radius 3 is 2.57 bits per heavy atom. The van der Waals surface area contributed by atoms with E-state index in [-0.39, 0.29) is 11.8 Å². The van der Waals surface area contributed by atoms with Crippen LogP contribution in [0.25, 0.3) is 0 Å². The van der Waals surface area contributed by atoms with E-state index < -0.39 is 0 Å². The molecule has 21 heavy (non-hydrogen) atoms. The molecule has 0 aromatic heterocycles. The number of rotatable bonds is 5. The molecule has 1 amide bonds. The maximum absolute atomic E-state index is 12.3. The van der Waals surface area contributed by atoms with E-state index in [0.29, 0.717) is 15.7 Å². The molecule has 1 fully saturated rings. The van der Waals surface area contributed by atoms with Crippen LogP contribution in [-0.4, -0.2) is 5.91 Å². The molecule has 116 valence electrons. The predicted molar refractivity (Wildman–Crippen MR) is 90.1 cm³/mol. The van der Waals surface area contributed by atoms with Crippen molar-refractivity contribution in [2.45, 2.75) is 51.9 Å². The van der Waals surface area contributed by atoms with Crippen molar-refractivity contribution in [1.29, 1.82) is 0 Å². The van der Waals surface area contributed by atoms with Crippen LogP contribution >= 0.6 is 23.2 Å². The third-order valence-corrected chi connectivity index (χ3v) is 4.92. The first kappa shape index (κ1) is 16.6. The molecular formula is C17H23Cl2NO. The molecule has 1 aromatic carbocycles. The molecule has 1 aliphatic carbocycles. The van der Waals surface area contributed by atoms with Crippen LogP contribution < -0.4 is 5.32 Å². The Hall–Kier alpha value is -0.730. The van der Waals surface area contributed by atoms with E-state index in [1.54, 1.807) is 18.2 Å².